The number of hydrogen-bond acceptors (Lipinski definition) is 4. The third-order valence-corrected chi connectivity index (χ3v) is 3.72. The van der Waals surface area contributed by atoms with E-state index in [1.807, 2.05) is 12.1 Å². The predicted molar refractivity (Wildman–Crippen MR) is 79.1 cm³/mol. The van der Waals surface area contributed by atoms with Gasteiger partial charge in [-0.1, -0.05) is 13.3 Å². The number of nitrogen functional groups attached to an aromatic ring is 1. The Bertz CT molecular complexity index is 555. The molecule has 0 fully saturated rings. The van der Waals surface area contributed by atoms with Crippen molar-refractivity contribution < 1.29 is 0 Å². The lowest BCUT2D eigenvalue weighted by molar-refractivity contribution is 0.868. The van der Waals surface area contributed by atoms with E-state index in [1.54, 1.807) is 6.20 Å². The first kappa shape index (κ1) is 13.4. The summed E-state index contributed by atoms with van der Waals surface area (Å²) >= 11 is 6.77. The minimum absolute atomic E-state index is 0.452. The van der Waals surface area contributed by atoms with Gasteiger partial charge in [0, 0.05) is 10.7 Å². The molecule has 2 aromatic rings. The maximum Gasteiger partial charge on any atom is 0.180 e. The summed E-state index contributed by atoms with van der Waals surface area (Å²) in [5, 5.41) is 0. The standard InChI is InChI=1S/C12H12Br2N4/c1-2-3-8-10(14)11(15)18-12(17-8)9-5-4-7(13)6-16-9/h4-6H,2-3H2,1H3,(H2,15,17,18). The highest BCUT2D eigenvalue weighted by Gasteiger charge is 2.11. The average molecular weight is 372 g/mol. The van der Waals surface area contributed by atoms with Crippen molar-refractivity contribution in [2.24, 2.45) is 0 Å². The van der Waals surface area contributed by atoms with Crippen LogP contribution in [-0.2, 0) is 6.42 Å². The highest BCUT2D eigenvalue weighted by atomic mass is 79.9. The molecule has 0 spiro atoms. The normalized spacial score (nSPS) is 10.6. The summed E-state index contributed by atoms with van der Waals surface area (Å²) in [6, 6.07) is 3.77. The SMILES string of the molecule is CCCc1nc(-c2ccc(Br)cn2)nc(N)c1Br. The molecule has 0 aliphatic rings. The molecule has 6 heteroatoms. The zero-order valence-electron chi connectivity index (χ0n) is 9.82. The van der Waals surface area contributed by atoms with Crippen molar-refractivity contribution in [1.82, 2.24) is 15.0 Å². The molecule has 0 amide bonds. The lowest BCUT2D eigenvalue weighted by atomic mass is 10.2. The molecule has 94 valence electrons. The second kappa shape index (κ2) is 5.75. The molecular formula is C12H12Br2N4. The van der Waals surface area contributed by atoms with Gasteiger partial charge in [-0.2, -0.15) is 0 Å². The number of halogens is 2. The van der Waals surface area contributed by atoms with Crippen LogP contribution >= 0.6 is 31.9 Å². The van der Waals surface area contributed by atoms with E-state index in [0.717, 1.165) is 33.2 Å². The van der Waals surface area contributed by atoms with Gasteiger partial charge in [-0.15, -0.1) is 0 Å². The number of pyridine rings is 1. The van der Waals surface area contributed by atoms with Crippen LogP contribution in [0.5, 0.6) is 0 Å². The average Bonchev–Trinajstić information content (AvgIpc) is 2.36. The lowest BCUT2D eigenvalue weighted by Crippen LogP contribution is -2.03. The molecule has 0 radical (unpaired) electrons. The number of anilines is 1. The Morgan fingerprint density at radius 1 is 1.22 bits per heavy atom. The molecule has 4 nitrogen and oxygen atoms in total. The second-order valence-electron chi connectivity index (χ2n) is 3.80. The molecule has 0 saturated heterocycles. The molecule has 0 unspecified atom stereocenters. The fourth-order valence-corrected chi connectivity index (χ4v) is 2.15. The van der Waals surface area contributed by atoms with Gasteiger partial charge in [-0.3, -0.25) is 4.98 Å². The number of aromatic nitrogens is 3. The molecule has 0 atom stereocenters. The highest BCUT2D eigenvalue weighted by Crippen LogP contribution is 2.25. The molecule has 0 saturated carbocycles. The molecule has 0 aromatic carbocycles. The van der Waals surface area contributed by atoms with E-state index < -0.39 is 0 Å². The van der Waals surface area contributed by atoms with Gasteiger partial charge >= 0.3 is 0 Å². The molecule has 0 bridgehead atoms. The van der Waals surface area contributed by atoms with Crippen LogP contribution in [0, 0.1) is 0 Å². The van der Waals surface area contributed by atoms with Gasteiger partial charge in [0.05, 0.1) is 10.2 Å². The van der Waals surface area contributed by atoms with E-state index in [0.29, 0.717) is 11.6 Å². The third-order valence-electron chi connectivity index (χ3n) is 2.39. The smallest absolute Gasteiger partial charge is 0.180 e. The van der Waals surface area contributed by atoms with Crippen molar-refractivity contribution in [2.45, 2.75) is 19.8 Å². The van der Waals surface area contributed by atoms with Crippen LogP contribution in [0.2, 0.25) is 0 Å². The Kier molecular flexibility index (Phi) is 4.29. The minimum atomic E-state index is 0.452. The minimum Gasteiger partial charge on any atom is -0.383 e. The van der Waals surface area contributed by atoms with Gasteiger partial charge in [0.2, 0.25) is 0 Å². The van der Waals surface area contributed by atoms with Crippen LogP contribution in [0.4, 0.5) is 5.82 Å². The van der Waals surface area contributed by atoms with Crippen LogP contribution in [0.15, 0.2) is 27.3 Å². The second-order valence-corrected chi connectivity index (χ2v) is 5.51. The monoisotopic (exact) mass is 370 g/mol. The third kappa shape index (κ3) is 2.87. The fraction of sp³-hybridized carbons (Fsp3) is 0.250. The summed E-state index contributed by atoms with van der Waals surface area (Å²) in [5.74, 6) is 1.01. The molecule has 18 heavy (non-hydrogen) atoms. The van der Waals surface area contributed by atoms with Crippen LogP contribution < -0.4 is 5.73 Å². The van der Waals surface area contributed by atoms with E-state index in [2.05, 4.69) is 53.7 Å². The summed E-state index contributed by atoms with van der Waals surface area (Å²) < 4.78 is 1.70. The summed E-state index contributed by atoms with van der Waals surface area (Å²) in [6.07, 6.45) is 3.58. The van der Waals surface area contributed by atoms with Crippen LogP contribution in [0.1, 0.15) is 19.0 Å². The van der Waals surface area contributed by atoms with Crippen molar-refractivity contribution >= 4 is 37.7 Å². The summed E-state index contributed by atoms with van der Waals surface area (Å²) in [4.78, 5) is 13.0. The van der Waals surface area contributed by atoms with Gasteiger partial charge in [0.15, 0.2) is 5.82 Å². The number of aryl methyl sites for hydroxylation is 1. The maximum absolute atomic E-state index is 5.88. The van der Waals surface area contributed by atoms with Crippen molar-refractivity contribution in [3.8, 4) is 11.5 Å². The Morgan fingerprint density at radius 2 is 2.00 bits per heavy atom. The number of nitrogens with two attached hydrogens (primary N) is 1. The molecule has 2 rings (SSSR count). The van der Waals surface area contributed by atoms with Crippen LogP contribution in [0.25, 0.3) is 11.5 Å². The molecule has 2 heterocycles. The zero-order valence-corrected chi connectivity index (χ0v) is 13.0. The van der Waals surface area contributed by atoms with Crippen molar-refractivity contribution in [3.63, 3.8) is 0 Å². The summed E-state index contributed by atoms with van der Waals surface area (Å²) in [7, 11) is 0. The van der Waals surface area contributed by atoms with E-state index in [4.69, 9.17) is 5.73 Å². The van der Waals surface area contributed by atoms with Crippen molar-refractivity contribution in [2.75, 3.05) is 5.73 Å². The van der Waals surface area contributed by atoms with E-state index in [9.17, 15) is 0 Å². The quantitative estimate of drug-likeness (QED) is 0.895. The molecule has 2 N–H and O–H groups in total. The maximum atomic E-state index is 5.88. The topological polar surface area (TPSA) is 64.7 Å². The van der Waals surface area contributed by atoms with Crippen molar-refractivity contribution in [3.05, 3.63) is 33.0 Å². The summed E-state index contributed by atoms with van der Waals surface area (Å²) in [5.41, 5.74) is 7.52. The van der Waals surface area contributed by atoms with Crippen LogP contribution in [0.3, 0.4) is 0 Å². The Hall–Kier alpha value is -1.01. The first-order valence-electron chi connectivity index (χ1n) is 5.55. The van der Waals surface area contributed by atoms with Gasteiger partial charge in [0.1, 0.15) is 11.5 Å². The van der Waals surface area contributed by atoms with E-state index in [1.165, 1.54) is 0 Å². The Labute approximate surface area is 122 Å². The molecule has 0 aliphatic heterocycles. The van der Waals surface area contributed by atoms with Gasteiger partial charge < -0.3 is 5.73 Å². The van der Waals surface area contributed by atoms with E-state index in [-0.39, 0.29) is 0 Å². The molecule has 0 aliphatic carbocycles. The highest BCUT2D eigenvalue weighted by molar-refractivity contribution is 9.10. The summed E-state index contributed by atoms with van der Waals surface area (Å²) in [6.45, 7) is 2.10. The van der Waals surface area contributed by atoms with E-state index >= 15 is 0 Å². The van der Waals surface area contributed by atoms with Gasteiger partial charge in [0.25, 0.3) is 0 Å². The zero-order chi connectivity index (χ0) is 13.1. The van der Waals surface area contributed by atoms with Crippen molar-refractivity contribution in [1.29, 1.82) is 0 Å². The largest absolute Gasteiger partial charge is 0.383 e. The first-order valence-corrected chi connectivity index (χ1v) is 7.14. The first-order chi connectivity index (χ1) is 8.61. The number of hydrogen-bond donors (Lipinski definition) is 1. The predicted octanol–water partition coefficient (Wildman–Crippen LogP) is 3.60. The number of rotatable bonds is 3. The van der Waals surface area contributed by atoms with Gasteiger partial charge in [-0.25, -0.2) is 9.97 Å². The molecular weight excluding hydrogens is 360 g/mol. The Morgan fingerprint density at radius 3 is 2.61 bits per heavy atom. The number of nitrogens with zero attached hydrogens (tertiary/aromatic N) is 3. The van der Waals surface area contributed by atoms with Gasteiger partial charge in [-0.05, 0) is 50.4 Å². The van der Waals surface area contributed by atoms with Crippen LogP contribution in [-0.4, -0.2) is 15.0 Å². The molecule has 2 aromatic heterocycles. The fourth-order valence-electron chi connectivity index (χ4n) is 1.54. The Balaban J connectivity index is 2.48. The lowest BCUT2D eigenvalue weighted by Gasteiger charge is -2.07.